The van der Waals surface area contributed by atoms with Gasteiger partial charge in [0.05, 0.1) is 17.3 Å². The molecule has 0 atom stereocenters. The zero-order chi connectivity index (χ0) is 15.1. The van der Waals surface area contributed by atoms with Crippen molar-refractivity contribution in [1.29, 1.82) is 0 Å². The molecule has 2 aromatic rings. The molecule has 2 rings (SSSR count). The Bertz CT molecular complexity index is 690. The summed E-state index contributed by atoms with van der Waals surface area (Å²) in [7, 11) is 0. The van der Waals surface area contributed by atoms with Crippen molar-refractivity contribution >= 4 is 29.0 Å². The van der Waals surface area contributed by atoms with Crippen LogP contribution in [0.15, 0.2) is 48.5 Å². The van der Waals surface area contributed by atoms with Gasteiger partial charge in [-0.1, -0.05) is 41.6 Å². The third-order valence-electron chi connectivity index (χ3n) is 2.58. The Balaban J connectivity index is 2.09. The summed E-state index contributed by atoms with van der Waals surface area (Å²) in [6.07, 6.45) is 0. The number of benzene rings is 2. The number of nitrogens with one attached hydrogen (secondary N) is 2. The second-order valence-corrected chi connectivity index (χ2v) is 4.55. The first kappa shape index (κ1) is 14.9. The van der Waals surface area contributed by atoms with E-state index in [-0.39, 0.29) is 12.6 Å². The number of rotatable bonds is 2. The van der Waals surface area contributed by atoms with Crippen molar-refractivity contribution in [2.24, 2.45) is 5.73 Å². The minimum absolute atomic E-state index is 0.278. The van der Waals surface area contributed by atoms with Crippen LogP contribution in [-0.2, 0) is 0 Å². The fourth-order valence-corrected chi connectivity index (χ4v) is 1.82. The smallest absolute Gasteiger partial charge is 0.320 e. The molecule has 21 heavy (non-hydrogen) atoms. The van der Waals surface area contributed by atoms with Gasteiger partial charge in [-0.2, -0.15) is 0 Å². The van der Waals surface area contributed by atoms with Crippen LogP contribution in [0.1, 0.15) is 5.56 Å². The van der Waals surface area contributed by atoms with Gasteiger partial charge in [-0.3, -0.25) is 0 Å². The van der Waals surface area contributed by atoms with E-state index in [0.29, 0.717) is 16.4 Å². The van der Waals surface area contributed by atoms with E-state index in [4.69, 9.17) is 17.3 Å². The molecule has 0 spiro atoms. The van der Waals surface area contributed by atoms with Crippen LogP contribution in [-0.4, -0.2) is 12.6 Å². The molecule has 0 saturated heterocycles. The van der Waals surface area contributed by atoms with E-state index >= 15 is 0 Å². The van der Waals surface area contributed by atoms with Gasteiger partial charge in [-0.05, 0) is 30.3 Å². The van der Waals surface area contributed by atoms with Crippen molar-refractivity contribution < 1.29 is 4.79 Å². The summed E-state index contributed by atoms with van der Waals surface area (Å²) < 4.78 is 0. The number of hydrogen-bond acceptors (Lipinski definition) is 2. The molecule has 0 aromatic heterocycles. The Labute approximate surface area is 128 Å². The van der Waals surface area contributed by atoms with Crippen molar-refractivity contribution in [2.45, 2.75) is 0 Å². The van der Waals surface area contributed by atoms with Gasteiger partial charge >= 0.3 is 6.03 Å². The molecule has 5 heteroatoms. The number of anilines is 2. The number of hydrogen-bond donors (Lipinski definition) is 3. The highest BCUT2D eigenvalue weighted by molar-refractivity contribution is 6.33. The third kappa shape index (κ3) is 4.53. The molecule has 4 N–H and O–H groups in total. The van der Waals surface area contributed by atoms with Crippen LogP contribution in [0.2, 0.25) is 5.02 Å². The number of nitrogens with two attached hydrogens (primary N) is 1. The highest BCUT2D eigenvalue weighted by Crippen LogP contribution is 2.23. The van der Waals surface area contributed by atoms with E-state index in [0.717, 1.165) is 5.56 Å². The zero-order valence-corrected chi connectivity index (χ0v) is 11.9. The minimum atomic E-state index is -0.368. The number of carbonyl (C=O) groups excluding carboxylic acids is 1. The summed E-state index contributed by atoms with van der Waals surface area (Å²) >= 11 is 6.06. The number of urea groups is 1. The lowest BCUT2D eigenvalue weighted by molar-refractivity contribution is 0.262. The fraction of sp³-hybridized carbons (Fsp3) is 0.0625. The molecule has 0 radical (unpaired) electrons. The maximum absolute atomic E-state index is 11.9. The van der Waals surface area contributed by atoms with Crippen molar-refractivity contribution in [3.05, 3.63) is 59.1 Å². The molecule has 0 heterocycles. The van der Waals surface area contributed by atoms with Crippen LogP contribution in [0, 0.1) is 11.8 Å². The average molecular weight is 300 g/mol. The maximum atomic E-state index is 11.9. The maximum Gasteiger partial charge on any atom is 0.323 e. The average Bonchev–Trinajstić information content (AvgIpc) is 2.49. The summed E-state index contributed by atoms with van der Waals surface area (Å²) in [6.45, 7) is 0.278. The first-order chi connectivity index (χ1) is 10.2. The standard InChI is InChI=1S/C16H14ClN3O/c17-14-9-8-12(5-4-10-18)11-15(14)20-16(21)19-13-6-2-1-3-7-13/h1-3,6-9,11H,10,18H2,(H2,19,20,21). The number of amides is 2. The molecule has 0 aliphatic heterocycles. The Morgan fingerprint density at radius 2 is 1.90 bits per heavy atom. The number of para-hydroxylation sites is 1. The summed E-state index contributed by atoms with van der Waals surface area (Å²) in [5.41, 5.74) is 7.26. The molecule has 0 bridgehead atoms. The zero-order valence-electron chi connectivity index (χ0n) is 11.2. The predicted octanol–water partition coefficient (Wildman–Crippen LogP) is 3.29. The van der Waals surface area contributed by atoms with E-state index < -0.39 is 0 Å². The molecule has 0 aliphatic carbocycles. The van der Waals surface area contributed by atoms with Crippen LogP contribution < -0.4 is 16.4 Å². The van der Waals surface area contributed by atoms with Gasteiger partial charge < -0.3 is 16.4 Å². The third-order valence-corrected chi connectivity index (χ3v) is 2.91. The van der Waals surface area contributed by atoms with Crippen molar-refractivity contribution in [3.63, 3.8) is 0 Å². The van der Waals surface area contributed by atoms with Gasteiger partial charge in [0.25, 0.3) is 0 Å². The van der Waals surface area contributed by atoms with Gasteiger partial charge in [-0.25, -0.2) is 4.79 Å². The summed E-state index contributed by atoms with van der Waals surface area (Å²) in [4.78, 5) is 11.9. The molecule has 2 amide bonds. The Morgan fingerprint density at radius 1 is 1.14 bits per heavy atom. The second kappa shape index (κ2) is 7.34. The minimum Gasteiger partial charge on any atom is -0.320 e. The van der Waals surface area contributed by atoms with E-state index in [1.165, 1.54) is 0 Å². The molecule has 4 nitrogen and oxygen atoms in total. The molecular formula is C16H14ClN3O. The van der Waals surface area contributed by atoms with Crippen LogP contribution in [0.4, 0.5) is 16.2 Å². The van der Waals surface area contributed by atoms with Crippen LogP contribution in [0.3, 0.4) is 0 Å². The van der Waals surface area contributed by atoms with Gasteiger partial charge in [0.2, 0.25) is 0 Å². The molecule has 2 aromatic carbocycles. The van der Waals surface area contributed by atoms with Crippen molar-refractivity contribution in [1.82, 2.24) is 0 Å². The van der Waals surface area contributed by atoms with Crippen molar-refractivity contribution in [2.75, 3.05) is 17.2 Å². The molecular weight excluding hydrogens is 286 g/mol. The lowest BCUT2D eigenvalue weighted by atomic mass is 10.2. The molecule has 0 saturated carbocycles. The molecule has 0 aliphatic rings. The fourth-order valence-electron chi connectivity index (χ4n) is 1.66. The van der Waals surface area contributed by atoms with Gasteiger partial charge in [0.1, 0.15) is 0 Å². The van der Waals surface area contributed by atoms with E-state index in [1.54, 1.807) is 30.3 Å². The lowest BCUT2D eigenvalue weighted by Crippen LogP contribution is -2.19. The lowest BCUT2D eigenvalue weighted by Gasteiger charge is -2.09. The summed E-state index contributed by atoms with van der Waals surface area (Å²) in [6, 6.07) is 13.9. The van der Waals surface area contributed by atoms with Gasteiger partial charge in [0.15, 0.2) is 0 Å². The van der Waals surface area contributed by atoms with Crippen LogP contribution in [0.25, 0.3) is 0 Å². The topological polar surface area (TPSA) is 67.1 Å². The quantitative estimate of drug-likeness (QED) is 0.745. The molecule has 0 fully saturated rings. The first-order valence-corrected chi connectivity index (χ1v) is 6.68. The Morgan fingerprint density at radius 3 is 2.62 bits per heavy atom. The SMILES string of the molecule is NCC#Cc1ccc(Cl)c(NC(=O)Nc2ccccc2)c1. The predicted molar refractivity (Wildman–Crippen MR) is 86.5 cm³/mol. The Kier molecular flexibility index (Phi) is 5.22. The summed E-state index contributed by atoms with van der Waals surface area (Å²) in [5, 5.41) is 5.85. The van der Waals surface area contributed by atoms with Crippen molar-refractivity contribution in [3.8, 4) is 11.8 Å². The summed E-state index contributed by atoms with van der Waals surface area (Å²) in [5.74, 6) is 5.64. The van der Waals surface area contributed by atoms with E-state index in [2.05, 4.69) is 22.5 Å². The van der Waals surface area contributed by atoms with Gasteiger partial charge in [-0.15, -0.1) is 0 Å². The largest absolute Gasteiger partial charge is 0.323 e. The molecule has 106 valence electrons. The normalized spacial score (nSPS) is 9.43. The van der Waals surface area contributed by atoms with E-state index in [9.17, 15) is 4.79 Å². The number of carbonyl (C=O) groups is 1. The van der Waals surface area contributed by atoms with Gasteiger partial charge in [0, 0.05) is 11.3 Å². The first-order valence-electron chi connectivity index (χ1n) is 6.30. The monoisotopic (exact) mass is 299 g/mol. The highest BCUT2D eigenvalue weighted by Gasteiger charge is 2.06. The highest BCUT2D eigenvalue weighted by atomic mass is 35.5. The van der Waals surface area contributed by atoms with E-state index in [1.807, 2.05) is 18.2 Å². The number of halogens is 1. The van der Waals surface area contributed by atoms with Crippen LogP contribution >= 0.6 is 11.6 Å². The molecule has 0 unspecified atom stereocenters. The Hall–Kier alpha value is -2.48. The van der Waals surface area contributed by atoms with Crippen LogP contribution in [0.5, 0.6) is 0 Å². The second-order valence-electron chi connectivity index (χ2n) is 4.15.